The van der Waals surface area contributed by atoms with Crippen molar-refractivity contribution in [2.24, 2.45) is 5.92 Å². The van der Waals surface area contributed by atoms with Crippen LogP contribution in [0.15, 0.2) is 18.2 Å². The quantitative estimate of drug-likeness (QED) is 0.510. The first-order valence-electron chi connectivity index (χ1n) is 11.2. The second-order valence-electron chi connectivity index (χ2n) is 8.29. The van der Waals surface area contributed by atoms with Gasteiger partial charge in [0, 0.05) is 31.7 Å². The van der Waals surface area contributed by atoms with Gasteiger partial charge in [-0.05, 0) is 61.9 Å². The maximum absolute atomic E-state index is 13.0. The number of hydrogen-bond donors (Lipinski definition) is 2. The highest BCUT2D eigenvalue weighted by Crippen LogP contribution is 2.33. The van der Waals surface area contributed by atoms with Crippen LogP contribution >= 0.6 is 0 Å². The van der Waals surface area contributed by atoms with Gasteiger partial charge in [0.1, 0.15) is 0 Å². The van der Waals surface area contributed by atoms with Gasteiger partial charge in [-0.15, -0.1) is 0 Å². The van der Waals surface area contributed by atoms with Gasteiger partial charge in [0.05, 0.1) is 5.56 Å². The molecular formula is C23H36F3N3O. The van der Waals surface area contributed by atoms with Crippen LogP contribution in [0.2, 0.25) is 0 Å². The summed E-state index contributed by atoms with van der Waals surface area (Å²) < 4.78 is 38.9. The lowest BCUT2D eigenvalue weighted by atomic mass is 9.95. The summed E-state index contributed by atoms with van der Waals surface area (Å²) in [4.78, 5) is 14.6. The molecule has 0 saturated heterocycles. The molecule has 1 fully saturated rings. The Balaban J connectivity index is 0.00000101. The van der Waals surface area contributed by atoms with E-state index in [1.165, 1.54) is 12.5 Å². The van der Waals surface area contributed by atoms with Gasteiger partial charge >= 0.3 is 6.18 Å². The first kappa shape index (κ1) is 24.7. The molecule has 2 aliphatic rings. The SMILES string of the molecule is CCC.CCCNCNC1CCC(C(=O)N2CCc3ccc(C(F)(F)F)cc3C2)C1. The van der Waals surface area contributed by atoms with Gasteiger partial charge in [-0.3, -0.25) is 4.79 Å². The van der Waals surface area contributed by atoms with Gasteiger partial charge in [0.15, 0.2) is 0 Å². The fourth-order valence-corrected chi connectivity index (χ4v) is 4.05. The Kier molecular flexibility index (Phi) is 9.62. The van der Waals surface area contributed by atoms with Crippen molar-refractivity contribution < 1.29 is 18.0 Å². The number of carbonyl (C=O) groups is 1. The monoisotopic (exact) mass is 427 g/mol. The van der Waals surface area contributed by atoms with Crippen LogP contribution in [0.5, 0.6) is 0 Å². The molecule has 1 amide bonds. The predicted molar refractivity (Wildman–Crippen MR) is 114 cm³/mol. The zero-order chi connectivity index (χ0) is 22.1. The van der Waals surface area contributed by atoms with Crippen LogP contribution in [-0.2, 0) is 23.9 Å². The molecule has 2 N–H and O–H groups in total. The Labute approximate surface area is 178 Å². The summed E-state index contributed by atoms with van der Waals surface area (Å²) in [6.07, 6.45) is 1.22. The third kappa shape index (κ3) is 6.98. The maximum atomic E-state index is 13.0. The highest BCUT2D eigenvalue weighted by molar-refractivity contribution is 5.79. The minimum Gasteiger partial charge on any atom is -0.338 e. The van der Waals surface area contributed by atoms with Crippen LogP contribution in [0.4, 0.5) is 13.2 Å². The fraction of sp³-hybridized carbons (Fsp3) is 0.696. The second-order valence-corrected chi connectivity index (χ2v) is 8.29. The van der Waals surface area contributed by atoms with Gasteiger partial charge in [0.25, 0.3) is 0 Å². The zero-order valence-electron chi connectivity index (χ0n) is 18.4. The van der Waals surface area contributed by atoms with Crippen molar-refractivity contribution in [3.8, 4) is 0 Å². The van der Waals surface area contributed by atoms with Crippen LogP contribution in [-0.4, -0.2) is 36.6 Å². The third-order valence-corrected chi connectivity index (χ3v) is 5.58. The summed E-state index contributed by atoms with van der Waals surface area (Å²) in [5.74, 6) is 0.0601. The number of halogens is 3. The van der Waals surface area contributed by atoms with Crippen LogP contribution in [0.1, 0.15) is 69.6 Å². The molecule has 0 bridgehead atoms. The average Bonchev–Trinajstić information content (AvgIpc) is 3.19. The highest BCUT2D eigenvalue weighted by atomic mass is 19.4. The molecule has 0 radical (unpaired) electrons. The van der Waals surface area contributed by atoms with Crippen molar-refractivity contribution in [3.63, 3.8) is 0 Å². The molecule has 1 aromatic rings. The number of carbonyl (C=O) groups excluding carboxylic acids is 1. The molecule has 1 heterocycles. The molecule has 7 heteroatoms. The van der Waals surface area contributed by atoms with Crippen molar-refractivity contribution >= 4 is 5.91 Å². The Morgan fingerprint density at radius 2 is 1.90 bits per heavy atom. The van der Waals surface area contributed by atoms with Gasteiger partial charge in [0.2, 0.25) is 5.91 Å². The molecule has 170 valence electrons. The van der Waals surface area contributed by atoms with Crippen LogP contribution in [0.3, 0.4) is 0 Å². The number of benzene rings is 1. The Morgan fingerprint density at radius 1 is 1.17 bits per heavy atom. The van der Waals surface area contributed by atoms with E-state index in [1.54, 1.807) is 11.0 Å². The van der Waals surface area contributed by atoms with Gasteiger partial charge in [-0.1, -0.05) is 33.3 Å². The van der Waals surface area contributed by atoms with Crippen molar-refractivity contribution in [2.45, 2.75) is 78.1 Å². The molecule has 4 nitrogen and oxygen atoms in total. The number of amides is 1. The van der Waals surface area contributed by atoms with Gasteiger partial charge < -0.3 is 15.5 Å². The number of rotatable bonds is 6. The normalized spacial score (nSPS) is 21.1. The molecule has 1 aromatic carbocycles. The van der Waals surface area contributed by atoms with E-state index in [-0.39, 0.29) is 18.4 Å². The van der Waals surface area contributed by atoms with E-state index >= 15 is 0 Å². The highest BCUT2D eigenvalue weighted by Gasteiger charge is 2.35. The summed E-state index contributed by atoms with van der Waals surface area (Å²) in [6.45, 7) is 8.95. The number of fused-ring (bicyclic) bond motifs is 1. The Morgan fingerprint density at radius 3 is 2.57 bits per heavy atom. The molecule has 30 heavy (non-hydrogen) atoms. The predicted octanol–water partition coefficient (Wildman–Crippen LogP) is 4.72. The average molecular weight is 428 g/mol. The molecule has 0 aromatic heterocycles. The van der Waals surface area contributed by atoms with E-state index in [9.17, 15) is 18.0 Å². The molecule has 1 aliphatic heterocycles. The molecule has 3 rings (SSSR count). The second kappa shape index (κ2) is 11.7. The van der Waals surface area contributed by atoms with E-state index in [4.69, 9.17) is 0 Å². The van der Waals surface area contributed by atoms with Crippen LogP contribution < -0.4 is 10.6 Å². The molecule has 2 atom stereocenters. The zero-order valence-corrected chi connectivity index (χ0v) is 18.4. The summed E-state index contributed by atoms with van der Waals surface area (Å²) in [5, 5.41) is 6.74. The van der Waals surface area contributed by atoms with E-state index in [0.29, 0.717) is 24.6 Å². The Hall–Kier alpha value is -1.60. The number of hydrogen-bond acceptors (Lipinski definition) is 3. The standard InChI is InChI=1S/C20H28F3N3O.C3H8/c1-2-8-24-13-25-18-6-4-15(11-18)19(27)26-9-7-14-3-5-17(20(21,22)23)10-16(14)12-26;1-3-2/h3,5,10,15,18,24-25H,2,4,6-9,11-13H2,1H3;3H2,1-2H3. The molecule has 1 saturated carbocycles. The smallest absolute Gasteiger partial charge is 0.338 e. The van der Waals surface area contributed by atoms with Gasteiger partial charge in [-0.2, -0.15) is 13.2 Å². The number of nitrogens with zero attached hydrogens (tertiary/aromatic N) is 1. The van der Waals surface area contributed by atoms with Crippen LogP contribution in [0.25, 0.3) is 0 Å². The first-order chi connectivity index (χ1) is 14.3. The lowest BCUT2D eigenvalue weighted by Gasteiger charge is -2.31. The largest absolute Gasteiger partial charge is 0.416 e. The van der Waals surface area contributed by atoms with Crippen molar-refractivity contribution in [3.05, 3.63) is 34.9 Å². The van der Waals surface area contributed by atoms with Crippen molar-refractivity contribution in [1.82, 2.24) is 15.5 Å². The third-order valence-electron chi connectivity index (χ3n) is 5.58. The summed E-state index contributed by atoms with van der Waals surface area (Å²) in [7, 11) is 0. The number of nitrogens with one attached hydrogen (secondary N) is 2. The fourth-order valence-electron chi connectivity index (χ4n) is 4.05. The molecular weight excluding hydrogens is 391 g/mol. The minimum absolute atomic E-state index is 0.0268. The lowest BCUT2D eigenvalue weighted by molar-refractivity contribution is -0.137. The van der Waals surface area contributed by atoms with Crippen molar-refractivity contribution in [1.29, 1.82) is 0 Å². The maximum Gasteiger partial charge on any atom is 0.416 e. The van der Waals surface area contributed by atoms with E-state index < -0.39 is 11.7 Å². The summed E-state index contributed by atoms with van der Waals surface area (Å²) in [5.41, 5.74) is 0.904. The molecule has 2 unspecified atom stereocenters. The number of alkyl halides is 3. The topological polar surface area (TPSA) is 44.4 Å². The summed E-state index contributed by atoms with van der Waals surface area (Å²) >= 11 is 0. The van der Waals surface area contributed by atoms with E-state index in [1.807, 2.05) is 0 Å². The Bertz CT molecular complexity index is 678. The lowest BCUT2D eigenvalue weighted by Crippen LogP contribution is -2.40. The summed E-state index contributed by atoms with van der Waals surface area (Å²) in [6, 6.07) is 4.22. The molecule has 1 aliphatic carbocycles. The minimum atomic E-state index is -4.35. The molecule has 0 spiro atoms. The van der Waals surface area contributed by atoms with E-state index in [0.717, 1.165) is 50.5 Å². The van der Waals surface area contributed by atoms with Crippen molar-refractivity contribution in [2.75, 3.05) is 19.8 Å². The first-order valence-corrected chi connectivity index (χ1v) is 11.2. The van der Waals surface area contributed by atoms with Gasteiger partial charge in [-0.25, -0.2) is 0 Å². The van der Waals surface area contributed by atoms with Crippen LogP contribution in [0, 0.1) is 5.92 Å². The van der Waals surface area contributed by atoms with E-state index in [2.05, 4.69) is 31.4 Å².